The van der Waals surface area contributed by atoms with Crippen LogP contribution < -0.4 is 20.9 Å². The van der Waals surface area contributed by atoms with Gasteiger partial charge in [-0.05, 0) is 127 Å². The fraction of sp³-hybridized carbons (Fsp3) is 0.556. The normalized spacial score (nSPS) is 18.2. The lowest BCUT2D eigenvalue weighted by atomic mass is 9.62. The Hall–Kier alpha value is -3.92. The lowest BCUT2D eigenvalue weighted by molar-refractivity contribution is 0.208. The van der Waals surface area contributed by atoms with Crippen LogP contribution in [0.5, 0.6) is 23.0 Å². The molecule has 0 aromatic heterocycles. The zero-order valence-electron chi connectivity index (χ0n) is 36.1. The number of hydrogen-bond donors (Lipinski definition) is 2. The molecule has 4 N–H and O–H groups in total. The van der Waals surface area contributed by atoms with Gasteiger partial charge in [0.2, 0.25) is 0 Å². The Morgan fingerprint density at radius 2 is 0.707 bits per heavy atom. The zero-order chi connectivity index (χ0) is 40.3. The number of nitrogen functional groups attached to an aromatic ring is 2. The molecule has 4 nitrogen and oxygen atoms in total. The second-order valence-corrected chi connectivity index (χ2v) is 18.3. The van der Waals surface area contributed by atoms with Crippen LogP contribution in [0.2, 0.25) is 0 Å². The minimum Gasteiger partial charge on any atom is -0.457 e. The number of anilines is 2. The van der Waals surface area contributed by atoms with Crippen molar-refractivity contribution in [3.8, 4) is 23.0 Å². The third-order valence-electron chi connectivity index (χ3n) is 13.9. The predicted molar refractivity (Wildman–Crippen MR) is 247 cm³/mol. The summed E-state index contributed by atoms with van der Waals surface area (Å²) < 4.78 is 12.4. The summed E-state index contributed by atoms with van der Waals surface area (Å²) in [5.74, 6) is 6.05. The molecule has 4 aromatic rings. The Balaban J connectivity index is 0.926. The fourth-order valence-corrected chi connectivity index (χ4v) is 10.1. The predicted octanol–water partition coefficient (Wildman–Crippen LogP) is 16.4. The van der Waals surface area contributed by atoms with Crippen LogP contribution in [-0.2, 0) is 5.41 Å². The van der Waals surface area contributed by atoms with Crippen LogP contribution in [0, 0.1) is 17.8 Å². The third-order valence-corrected chi connectivity index (χ3v) is 13.9. The van der Waals surface area contributed by atoms with E-state index in [2.05, 4.69) is 55.5 Å². The van der Waals surface area contributed by atoms with E-state index in [-0.39, 0.29) is 5.41 Å². The van der Waals surface area contributed by atoms with Gasteiger partial charge in [-0.1, -0.05) is 166 Å². The average molecular weight is 785 g/mol. The molecule has 0 saturated heterocycles. The van der Waals surface area contributed by atoms with Gasteiger partial charge in [-0.15, -0.1) is 0 Å². The van der Waals surface area contributed by atoms with Crippen molar-refractivity contribution in [3.63, 3.8) is 0 Å². The Labute approximate surface area is 352 Å². The summed E-state index contributed by atoms with van der Waals surface area (Å²) in [6.07, 6.45) is 35.4. The van der Waals surface area contributed by atoms with Crippen molar-refractivity contribution < 1.29 is 9.47 Å². The first-order valence-corrected chi connectivity index (χ1v) is 23.8. The number of nitrogens with two attached hydrogens (primary N) is 2. The van der Waals surface area contributed by atoms with Crippen molar-refractivity contribution in [1.82, 2.24) is 0 Å². The third kappa shape index (κ3) is 13.8. The molecule has 0 spiro atoms. The van der Waals surface area contributed by atoms with Gasteiger partial charge in [0.25, 0.3) is 0 Å². The molecule has 6 rings (SSSR count). The SMILES string of the molecule is CCCCCCCCCCCCCCCC[C@H]1CC[C@H](CCC2CCC(c3ccc(Oc4ccc(N)cc4)cc3)(c3ccc(Oc4ccc(N)cc4)cc3)CC2)CC1. The van der Waals surface area contributed by atoms with E-state index in [1.165, 1.54) is 172 Å². The second kappa shape index (κ2) is 23.6. The molecule has 58 heavy (non-hydrogen) atoms. The van der Waals surface area contributed by atoms with Gasteiger partial charge in [-0.2, -0.15) is 0 Å². The van der Waals surface area contributed by atoms with Gasteiger partial charge in [-0.3, -0.25) is 0 Å². The summed E-state index contributed by atoms with van der Waals surface area (Å²) in [5.41, 5.74) is 16.0. The number of hydrogen-bond acceptors (Lipinski definition) is 4. The number of unbranched alkanes of at least 4 members (excludes halogenated alkanes) is 13. The lowest BCUT2D eigenvalue weighted by Gasteiger charge is -2.42. The number of benzene rings is 4. The maximum Gasteiger partial charge on any atom is 0.127 e. The Morgan fingerprint density at radius 3 is 1.09 bits per heavy atom. The molecular formula is C54H76N2O2. The molecule has 4 aromatic carbocycles. The van der Waals surface area contributed by atoms with E-state index in [1.54, 1.807) is 0 Å². The highest BCUT2D eigenvalue weighted by molar-refractivity contribution is 5.47. The minimum absolute atomic E-state index is 0.0265. The quantitative estimate of drug-likeness (QED) is 0.0548. The largest absolute Gasteiger partial charge is 0.457 e. The van der Waals surface area contributed by atoms with Crippen LogP contribution >= 0.6 is 0 Å². The molecule has 0 heterocycles. The first-order valence-electron chi connectivity index (χ1n) is 23.8. The summed E-state index contributed by atoms with van der Waals surface area (Å²) >= 11 is 0. The summed E-state index contributed by atoms with van der Waals surface area (Å²) in [6.45, 7) is 2.31. The smallest absolute Gasteiger partial charge is 0.127 e. The van der Waals surface area contributed by atoms with Gasteiger partial charge in [0.05, 0.1) is 0 Å². The maximum absolute atomic E-state index is 6.19. The van der Waals surface area contributed by atoms with Crippen LogP contribution in [0.25, 0.3) is 0 Å². The molecule has 4 heteroatoms. The van der Waals surface area contributed by atoms with E-state index in [0.29, 0.717) is 0 Å². The van der Waals surface area contributed by atoms with E-state index in [4.69, 9.17) is 20.9 Å². The van der Waals surface area contributed by atoms with Crippen LogP contribution in [-0.4, -0.2) is 0 Å². The monoisotopic (exact) mass is 785 g/mol. The topological polar surface area (TPSA) is 70.5 Å². The van der Waals surface area contributed by atoms with E-state index in [0.717, 1.165) is 52.1 Å². The summed E-state index contributed by atoms with van der Waals surface area (Å²) in [4.78, 5) is 0. The molecule has 314 valence electrons. The van der Waals surface area contributed by atoms with Crippen LogP contribution in [0.15, 0.2) is 97.1 Å². The Bertz CT molecular complexity index is 1590. The first-order chi connectivity index (χ1) is 28.5. The molecule has 0 unspecified atom stereocenters. The molecule has 2 aliphatic rings. The zero-order valence-corrected chi connectivity index (χ0v) is 36.1. The number of ether oxygens (including phenoxy) is 2. The van der Waals surface area contributed by atoms with E-state index >= 15 is 0 Å². The summed E-state index contributed by atoms with van der Waals surface area (Å²) in [7, 11) is 0. The van der Waals surface area contributed by atoms with Crippen molar-refractivity contribution in [2.24, 2.45) is 17.8 Å². The highest BCUT2D eigenvalue weighted by Crippen LogP contribution is 2.49. The second-order valence-electron chi connectivity index (χ2n) is 18.3. The van der Waals surface area contributed by atoms with Crippen LogP contribution in [0.4, 0.5) is 11.4 Å². The average Bonchev–Trinajstić information content (AvgIpc) is 3.26. The van der Waals surface area contributed by atoms with E-state index in [9.17, 15) is 0 Å². The summed E-state index contributed by atoms with van der Waals surface area (Å²) in [6, 6.07) is 32.9. The molecule has 0 aliphatic heterocycles. The molecule has 2 fully saturated rings. The highest BCUT2D eigenvalue weighted by atomic mass is 16.5. The van der Waals surface area contributed by atoms with Gasteiger partial charge in [0.1, 0.15) is 23.0 Å². The van der Waals surface area contributed by atoms with Crippen LogP contribution in [0.3, 0.4) is 0 Å². The number of rotatable bonds is 24. The van der Waals surface area contributed by atoms with Crippen LogP contribution in [0.1, 0.15) is 179 Å². The van der Waals surface area contributed by atoms with Crippen molar-refractivity contribution >= 4 is 11.4 Å². The van der Waals surface area contributed by atoms with Gasteiger partial charge < -0.3 is 20.9 Å². The van der Waals surface area contributed by atoms with E-state index < -0.39 is 0 Å². The lowest BCUT2D eigenvalue weighted by Crippen LogP contribution is -2.33. The Kier molecular flexibility index (Phi) is 17.8. The molecule has 0 radical (unpaired) electrons. The molecule has 0 amide bonds. The highest BCUT2D eigenvalue weighted by Gasteiger charge is 2.38. The molecule has 2 aliphatic carbocycles. The molecule has 2 saturated carbocycles. The standard InChI is InChI=1S/C54H76N2O2/c1-2-3-4-5-6-7-8-9-10-11-12-13-14-15-16-43-17-19-44(20-18-43)21-22-45-39-41-54(42-40-45,46-23-31-50(32-24-46)57-52-35-27-48(55)28-36-52)47-25-33-51(34-26-47)58-53-37-29-49(56)30-38-53/h23-38,43-45H,2-22,39-42,55-56H2,1H3/t43-,44-. The van der Waals surface area contributed by atoms with Gasteiger partial charge >= 0.3 is 0 Å². The minimum atomic E-state index is -0.0265. The van der Waals surface area contributed by atoms with Gasteiger partial charge in [0.15, 0.2) is 0 Å². The van der Waals surface area contributed by atoms with Crippen molar-refractivity contribution in [2.45, 2.75) is 173 Å². The van der Waals surface area contributed by atoms with Gasteiger partial charge in [-0.25, -0.2) is 0 Å². The molecular weight excluding hydrogens is 709 g/mol. The van der Waals surface area contributed by atoms with Gasteiger partial charge in [0, 0.05) is 16.8 Å². The molecule has 0 bridgehead atoms. The maximum atomic E-state index is 6.19. The summed E-state index contributed by atoms with van der Waals surface area (Å²) in [5, 5.41) is 0. The van der Waals surface area contributed by atoms with Crippen molar-refractivity contribution in [2.75, 3.05) is 11.5 Å². The van der Waals surface area contributed by atoms with Crippen molar-refractivity contribution in [3.05, 3.63) is 108 Å². The first kappa shape index (κ1) is 43.7. The Morgan fingerprint density at radius 1 is 0.397 bits per heavy atom. The van der Waals surface area contributed by atoms with E-state index in [1.807, 2.05) is 48.5 Å². The fourth-order valence-electron chi connectivity index (χ4n) is 10.1. The van der Waals surface area contributed by atoms with Crippen molar-refractivity contribution in [1.29, 1.82) is 0 Å². The molecule has 0 atom stereocenters.